The number of aliphatic hydroxyl groups excluding tert-OH is 1. The van der Waals surface area contributed by atoms with Crippen LogP contribution >= 0.6 is 11.3 Å². The Hall–Kier alpha value is -1.30. The molecule has 128 valence electrons. The van der Waals surface area contributed by atoms with E-state index in [2.05, 4.69) is 5.32 Å². The van der Waals surface area contributed by atoms with E-state index in [9.17, 15) is 9.50 Å². The normalized spacial score (nSPS) is 27.0. The van der Waals surface area contributed by atoms with Crippen LogP contribution in [0.2, 0.25) is 0 Å². The zero-order valence-electron chi connectivity index (χ0n) is 13.7. The van der Waals surface area contributed by atoms with Gasteiger partial charge in [0.2, 0.25) is 0 Å². The number of nitrogens with zero attached hydrogens (tertiary/aromatic N) is 1. The number of aliphatic hydroxyl groups is 1. The number of thiazole rings is 1. The summed E-state index contributed by atoms with van der Waals surface area (Å²) < 4.78 is 13.1. The molecule has 0 amide bonds. The minimum Gasteiger partial charge on any atom is -0.393 e. The van der Waals surface area contributed by atoms with Gasteiger partial charge in [-0.25, -0.2) is 9.37 Å². The molecule has 1 unspecified atom stereocenters. The summed E-state index contributed by atoms with van der Waals surface area (Å²) in [7, 11) is 0. The molecule has 0 saturated heterocycles. The lowest BCUT2D eigenvalue weighted by atomic mass is 9.90. The number of fused-ring (bicyclic) bond motifs is 1. The summed E-state index contributed by atoms with van der Waals surface area (Å²) in [4.78, 5) is 6.18. The van der Waals surface area contributed by atoms with E-state index in [0.29, 0.717) is 12.1 Å². The van der Waals surface area contributed by atoms with E-state index < -0.39 is 0 Å². The van der Waals surface area contributed by atoms with Crippen LogP contribution in [0.1, 0.15) is 55.1 Å². The zero-order valence-corrected chi connectivity index (χ0v) is 14.5. The van der Waals surface area contributed by atoms with E-state index >= 15 is 0 Å². The van der Waals surface area contributed by atoms with Crippen molar-refractivity contribution >= 4 is 11.3 Å². The first kappa shape index (κ1) is 16.2. The van der Waals surface area contributed by atoms with Crippen molar-refractivity contribution in [2.75, 3.05) is 0 Å². The first-order valence-electron chi connectivity index (χ1n) is 8.88. The summed E-state index contributed by atoms with van der Waals surface area (Å²) in [6.07, 6.45) is 7.14. The maximum atomic E-state index is 13.1. The topological polar surface area (TPSA) is 45.1 Å². The lowest BCUT2D eigenvalue weighted by Crippen LogP contribution is -2.37. The van der Waals surface area contributed by atoms with Gasteiger partial charge in [-0.15, -0.1) is 11.3 Å². The van der Waals surface area contributed by atoms with Gasteiger partial charge in [0.15, 0.2) is 0 Å². The Morgan fingerprint density at radius 3 is 2.58 bits per heavy atom. The van der Waals surface area contributed by atoms with Crippen LogP contribution in [-0.4, -0.2) is 22.2 Å². The number of halogens is 1. The van der Waals surface area contributed by atoms with Crippen LogP contribution in [-0.2, 0) is 6.42 Å². The van der Waals surface area contributed by atoms with Crippen LogP contribution < -0.4 is 5.32 Å². The largest absolute Gasteiger partial charge is 0.393 e. The minimum absolute atomic E-state index is 0.113. The average Bonchev–Trinajstić information content (AvgIpc) is 3.03. The highest BCUT2D eigenvalue weighted by atomic mass is 32.1. The highest BCUT2D eigenvalue weighted by molar-refractivity contribution is 7.15. The number of aryl methyl sites for hydroxylation is 1. The van der Waals surface area contributed by atoms with Gasteiger partial charge >= 0.3 is 0 Å². The third-order valence-electron chi connectivity index (χ3n) is 5.18. The molecule has 24 heavy (non-hydrogen) atoms. The molecular formula is C19H23FN2OS. The molecule has 2 N–H and O–H groups in total. The molecule has 0 bridgehead atoms. The van der Waals surface area contributed by atoms with Gasteiger partial charge in [0, 0.05) is 22.5 Å². The first-order valence-corrected chi connectivity index (χ1v) is 9.70. The smallest absolute Gasteiger partial charge is 0.123 e. The van der Waals surface area contributed by atoms with Crippen LogP contribution in [0.25, 0.3) is 10.6 Å². The molecule has 1 fully saturated rings. The van der Waals surface area contributed by atoms with Crippen molar-refractivity contribution in [1.82, 2.24) is 10.3 Å². The van der Waals surface area contributed by atoms with E-state index in [1.54, 1.807) is 11.3 Å². The van der Waals surface area contributed by atoms with Crippen molar-refractivity contribution < 1.29 is 9.50 Å². The number of hydrogen-bond donors (Lipinski definition) is 2. The molecule has 3 nitrogen and oxygen atoms in total. The van der Waals surface area contributed by atoms with Gasteiger partial charge in [0.05, 0.1) is 11.8 Å². The van der Waals surface area contributed by atoms with E-state index in [-0.39, 0.29) is 11.9 Å². The summed E-state index contributed by atoms with van der Waals surface area (Å²) >= 11 is 1.75. The van der Waals surface area contributed by atoms with Gasteiger partial charge in [-0.2, -0.15) is 0 Å². The summed E-state index contributed by atoms with van der Waals surface area (Å²) in [5.74, 6) is -0.209. The predicted molar refractivity (Wildman–Crippen MR) is 94.6 cm³/mol. The van der Waals surface area contributed by atoms with Crippen molar-refractivity contribution in [2.45, 2.75) is 63.1 Å². The van der Waals surface area contributed by atoms with E-state index in [4.69, 9.17) is 4.98 Å². The molecule has 1 saturated carbocycles. The molecule has 2 aliphatic carbocycles. The van der Waals surface area contributed by atoms with E-state index in [0.717, 1.165) is 55.5 Å². The Morgan fingerprint density at radius 2 is 1.83 bits per heavy atom. The summed E-state index contributed by atoms with van der Waals surface area (Å²) in [6.45, 7) is 0. The summed E-state index contributed by atoms with van der Waals surface area (Å²) in [5.41, 5.74) is 2.20. The molecule has 2 aromatic rings. The monoisotopic (exact) mass is 346 g/mol. The number of benzene rings is 1. The third-order valence-corrected chi connectivity index (χ3v) is 6.44. The fourth-order valence-corrected chi connectivity index (χ4v) is 5.03. The van der Waals surface area contributed by atoms with E-state index in [1.807, 2.05) is 12.1 Å². The van der Waals surface area contributed by atoms with Gasteiger partial charge in [-0.05, 0) is 69.2 Å². The quantitative estimate of drug-likeness (QED) is 0.875. The van der Waals surface area contributed by atoms with Crippen LogP contribution in [0.3, 0.4) is 0 Å². The lowest BCUT2D eigenvalue weighted by molar-refractivity contribution is 0.113. The highest BCUT2D eigenvalue weighted by Gasteiger charge is 2.28. The maximum Gasteiger partial charge on any atom is 0.123 e. The van der Waals surface area contributed by atoms with Crippen molar-refractivity contribution in [2.24, 2.45) is 0 Å². The van der Waals surface area contributed by atoms with Gasteiger partial charge in [0.25, 0.3) is 0 Å². The number of hydrogen-bond acceptors (Lipinski definition) is 4. The number of nitrogens with one attached hydrogen (secondary N) is 1. The van der Waals surface area contributed by atoms with Crippen LogP contribution in [0.5, 0.6) is 0 Å². The average molecular weight is 346 g/mol. The Labute approximate surface area is 145 Å². The third kappa shape index (κ3) is 3.39. The van der Waals surface area contributed by atoms with Crippen LogP contribution in [0, 0.1) is 5.82 Å². The molecule has 2 aliphatic rings. The number of rotatable bonds is 3. The Morgan fingerprint density at radius 1 is 1.08 bits per heavy atom. The zero-order chi connectivity index (χ0) is 16.5. The van der Waals surface area contributed by atoms with Gasteiger partial charge in [0.1, 0.15) is 10.8 Å². The molecule has 1 aromatic carbocycles. The van der Waals surface area contributed by atoms with Gasteiger partial charge < -0.3 is 10.4 Å². The first-order chi connectivity index (χ1) is 11.7. The highest BCUT2D eigenvalue weighted by Crippen LogP contribution is 2.38. The van der Waals surface area contributed by atoms with Gasteiger partial charge in [-0.3, -0.25) is 0 Å². The Kier molecular flexibility index (Phi) is 4.66. The number of aromatic nitrogens is 1. The van der Waals surface area contributed by atoms with Crippen molar-refractivity contribution in [3.8, 4) is 10.6 Å². The second kappa shape index (κ2) is 6.90. The fraction of sp³-hybridized carbons (Fsp3) is 0.526. The van der Waals surface area contributed by atoms with Crippen molar-refractivity contribution in [3.05, 3.63) is 40.7 Å². The standard InChI is InChI=1S/C19H23FN2OS/c20-13-6-4-12(5-7-13)19-22-17-3-1-2-16(18(17)24-19)21-14-8-10-15(23)11-9-14/h4-7,14-16,21,23H,1-3,8-11H2. The molecular weight excluding hydrogens is 323 g/mol. The molecule has 0 radical (unpaired) electrons. The molecule has 0 aliphatic heterocycles. The molecule has 4 rings (SSSR count). The van der Waals surface area contributed by atoms with Crippen LogP contribution in [0.4, 0.5) is 4.39 Å². The Balaban J connectivity index is 1.53. The van der Waals surface area contributed by atoms with Gasteiger partial charge in [-0.1, -0.05) is 0 Å². The predicted octanol–water partition coefficient (Wildman–Crippen LogP) is 4.22. The maximum absolute atomic E-state index is 13.1. The summed E-state index contributed by atoms with van der Waals surface area (Å²) in [6, 6.07) is 7.49. The van der Waals surface area contributed by atoms with Crippen LogP contribution in [0.15, 0.2) is 24.3 Å². The van der Waals surface area contributed by atoms with E-state index in [1.165, 1.54) is 22.7 Å². The molecule has 1 atom stereocenters. The lowest BCUT2D eigenvalue weighted by Gasteiger charge is -2.31. The Bertz CT molecular complexity index is 692. The second-order valence-electron chi connectivity index (χ2n) is 6.95. The van der Waals surface area contributed by atoms with Crippen molar-refractivity contribution in [1.29, 1.82) is 0 Å². The molecule has 1 heterocycles. The fourth-order valence-electron chi connectivity index (χ4n) is 3.82. The summed E-state index contributed by atoms with van der Waals surface area (Å²) in [5, 5.41) is 14.5. The molecule has 1 aromatic heterocycles. The molecule has 0 spiro atoms. The van der Waals surface area contributed by atoms with Crippen molar-refractivity contribution in [3.63, 3.8) is 0 Å². The SMILES string of the molecule is OC1CCC(NC2CCCc3nc(-c4ccc(F)cc4)sc32)CC1. The minimum atomic E-state index is -0.209. The second-order valence-corrected chi connectivity index (χ2v) is 7.98. The molecule has 5 heteroatoms.